The Morgan fingerprint density at radius 3 is 2.81 bits per heavy atom. The number of nitrogens with one attached hydrogen (secondary N) is 1. The average Bonchev–Trinajstić information content (AvgIpc) is 3.48. The number of anilines is 1. The lowest BCUT2D eigenvalue weighted by molar-refractivity contribution is -0.113. The third-order valence-corrected chi connectivity index (χ3v) is 7.00. The molecule has 0 aliphatic heterocycles. The monoisotopic (exact) mass is 458 g/mol. The van der Waals surface area contributed by atoms with E-state index >= 15 is 0 Å². The van der Waals surface area contributed by atoms with Crippen molar-refractivity contribution in [2.75, 3.05) is 24.8 Å². The molecule has 1 aliphatic rings. The van der Waals surface area contributed by atoms with E-state index < -0.39 is 0 Å². The van der Waals surface area contributed by atoms with E-state index in [4.69, 9.17) is 9.47 Å². The number of esters is 1. The third-order valence-electron chi connectivity index (χ3n) is 4.85. The molecule has 1 N–H and O–H groups in total. The van der Waals surface area contributed by atoms with E-state index in [-0.39, 0.29) is 17.6 Å². The van der Waals surface area contributed by atoms with Gasteiger partial charge in [-0.15, -0.1) is 21.5 Å². The van der Waals surface area contributed by atoms with Gasteiger partial charge in [-0.3, -0.25) is 9.36 Å². The molecule has 0 saturated carbocycles. The molecule has 162 valence electrons. The summed E-state index contributed by atoms with van der Waals surface area (Å²) in [6.45, 7) is 2.08. The number of thioether (sulfide) groups is 1. The number of benzene rings is 1. The smallest absolute Gasteiger partial charge is 0.341 e. The topological polar surface area (TPSA) is 95.3 Å². The summed E-state index contributed by atoms with van der Waals surface area (Å²) in [7, 11) is 1.61. The van der Waals surface area contributed by atoms with Gasteiger partial charge in [0.05, 0.1) is 25.0 Å². The SMILES string of the molecule is CCOC(=O)c1c(NC(=O)CSc2nncn2-c2ccc(OC)cc2)sc2c1CCC2. The Morgan fingerprint density at radius 2 is 2.06 bits per heavy atom. The molecule has 2 aromatic heterocycles. The van der Waals surface area contributed by atoms with Crippen molar-refractivity contribution in [2.45, 2.75) is 31.3 Å². The van der Waals surface area contributed by atoms with Gasteiger partial charge >= 0.3 is 5.97 Å². The first-order valence-electron chi connectivity index (χ1n) is 9.89. The number of methoxy groups -OCH3 is 1. The number of hydrogen-bond acceptors (Lipinski definition) is 8. The maximum Gasteiger partial charge on any atom is 0.341 e. The molecular weight excluding hydrogens is 436 g/mol. The molecule has 0 unspecified atom stereocenters. The number of aryl methyl sites for hydroxylation is 1. The molecule has 1 amide bonds. The summed E-state index contributed by atoms with van der Waals surface area (Å²) >= 11 is 2.75. The van der Waals surface area contributed by atoms with Gasteiger partial charge in [-0.2, -0.15) is 0 Å². The number of carbonyl (C=O) groups is 2. The van der Waals surface area contributed by atoms with Crippen molar-refractivity contribution in [1.29, 1.82) is 0 Å². The predicted octanol–water partition coefficient (Wildman–Crippen LogP) is 3.73. The Hall–Kier alpha value is -2.85. The molecule has 0 atom stereocenters. The minimum absolute atomic E-state index is 0.139. The number of aromatic nitrogens is 3. The van der Waals surface area contributed by atoms with Crippen LogP contribution in [0, 0.1) is 0 Å². The predicted molar refractivity (Wildman–Crippen MR) is 120 cm³/mol. The van der Waals surface area contributed by atoms with Crippen LogP contribution < -0.4 is 10.1 Å². The highest BCUT2D eigenvalue weighted by molar-refractivity contribution is 7.99. The van der Waals surface area contributed by atoms with Crippen molar-refractivity contribution in [2.24, 2.45) is 0 Å². The molecule has 8 nitrogen and oxygen atoms in total. The summed E-state index contributed by atoms with van der Waals surface area (Å²) < 4.78 is 12.2. The molecule has 0 radical (unpaired) electrons. The maximum absolute atomic E-state index is 12.6. The first-order valence-corrected chi connectivity index (χ1v) is 11.7. The van der Waals surface area contributed by atoms with Gasteiger partial charge in [0.25, 0.3) is 0 Å². The van der Waals surface area contributed by atoms with Gasteiger partial charge in [0.15, 0.2) is 5.16 Å². The zero-order chi connectivity index (χ0) is 21.8. The first-order chi connectivity index (χ1) is 15.1. The number of rotatable bonds is 8. The van der Waals surface area contributed by atoms with Crippen LogP contribution in [0.3, 0.4) is 0 Å². The van der Waals surface area contributed by atoms with Crippen molar-refractivity contribution in [3.63, 3.8) is 0 Å². The summed E-state index contributed by atoms with van der Waals surface area (Å²) in [6.07, 6.45) is 4.40. The molecule has 4 rings (SSSR count). The van der Waals surface area contributed by atoms with E-state index in [0.717, 1.165) is 41.1 Å². The van der Waals surface area contributed by atoms with Crippen LogP contribution in [0.1, 0.15) is 34.1 Å². The molecule has 0 bridgehead atoms. The zero-order valence-electron chi connectivity index (χ0n) is 17.2. The molecule has 2 heterocycles. The lowest BCUT2D eigenvalue weighted by Crippen LogP contribution is -2.17. The summed E-state index contributed by atoms with van der Waals surface area (Å²) in [4.78, 5) is 26.3. The normalized spacial score (nSPS) is 12.5. The van der Waals surface area contributed by atoms with Gasteiger partial charge in [0.2, 0.25) is 5.91 Å². The summed E-state index contributed by atoms with van der Waals surface area (Å²) in [5.41, 5.74) is 2.40. The van der Waals surface area contributed by atoms with Crippen LogP contribution in [0.2, 0.25) is 0 Å². The number of amides is 1. The third kappa shape index (κ3) is 4.59. The molecule has 10 heteroatoms. The van der Waals surface area contributed by atoms with E-state index in [1.807, 2.05) is 24.3 Å². The highest BCUT2D eigenvalue weighted by Gasteiger charge is 2.28. The lowest BCUT2D eigenvalue weighted by Gasteiger charge is -2.09. The fourth-order valence-corrected chi connectivity index (χ4v) is 5.47. The highest BCUT2D eigenvalue weighted by Crippen LogP contribution is 2.39. The minimum atomic E-state index is -0.371. The first kappa shape index (κ1) is 21.4. The van der Waals surface area contributed by atoms with Crippen molar-refractivity contribution >= 4 is 40.0 Å². The molecule has 3 aromatic rings. The number of fused-ring (bicyclic) bond motifs is 1. The number of nitrogens with zero attached hydrogens (tertiary/aromatic N) is 3. The van der Waals surface area contributed by atoms with Crippen LogP contribution in [0.15, 0.2) is 35.7 Å². The van der Waals surface area contributed by atoms with Crippen molar-refractivity contribution in [1.82, 2.24) is 14.8 Å². The van der Waals surface area contributed by atoms with Crippen LogP contribution in [-0.2, 0) is 22.4 Å². The van der Waals surface area contributed by atoms with E-state index in [1.165, 1.54) is 23.1 Å². The second-order valence-electron chi connectivity index (χ2n) is 6.80. The standard InChI is InChI=1S/C21H22N4O4S2/c1-3-29-20(27)18-15-5-4-6-16(15)31-19(18)23-17(26)11-30-21-24-22-12-25(21)13-7-9-14(28-2)10-8-13/h7-10,12H,3-6,11H2,1-2H3,(H,23,26). The average molecular weight is 459 g/mol. The van der Waals surface area contributed by atoms with Gasteiger partial charge in [-0.1, -0.05) is 11.8 Å². The molecular formula is C21H22N4O4S2. The fourth-order valence-electron chi connectivity index (χ4n) is 3.45. The van der Waals surface area contributed by atoms with Crippen LogP contribution in [0.5, 0.6) is 5.75 Å². The van der Waals surface area contributed by atoms with Gasteiger partial charge in [-0.25, -0.2) is 4.79 Å². The van der Waals surface area contributed by atoms with Gasteiger partial charge in [0.1, 0.15) is 17.1 Å². The number of ether oxygens (including phenoxy) is 2. The van der Waals surface area contributed by atoms with E-state index in [1.54, 1.807) is 24.9 Å². The van der Waals surface area contributed by atoms with Crippen LogP contribution >= 0.6 is 23.1 Å². The number of hydrogen-bond donors (Lipinski definition) is 1. The second kappa shape index (κ2) is 9.52. The highest BCUT2D eigenvalue weighted by atomic mass is 32.2. The maximum atomic E-state index is 12.6. The zero-order valence-corrected chi connectivity index (χ0v) is 18.8. The van der Waals surface area contributed by atoms with E-state index in [9.17, 15) is 9.59 Å². The van der Waals surface area contributed by atoms with Crippen molar-refractivity contribution < 1.29 is 19.1 Å². The summed E-state index contributed by atoms with van der Waals surface area (Å²) in [5, 5.41) is 12.2. The van der Waals surface area contributed by atoms with Crippen LogP contribution in [-0.4, -0.2) is 46.1 Å². The Labute approximate surface area is 188 Å². The quantitative estimate of drug-likeness (QED) is 0.406. The number of thiophene rings is 1. The summed E-state index contributed by atoms with van der Waals surface area (Å²) in [6, 6.07) is 7.49. The lowest BCUT2D eigenvalue weighted by atomic mass is 10.1. The second-order valence-corrected chi connectivity index (χ2v) is 8.85. The van der Waals surface area contributed by atoms with Gasteiger partial charge in [0, 0.05) is 10.6 Å². The summed E-state index contributed by atoms with van der Waals surface area (Å²) in [5.74, 6) is 0.314. The molecule has 31 heavy (non-hydrogen) atoms. The van der Waals surface area contributed by atoms with E-state index in [2.05, 4.69) is 15.5 Å². The largest absolute Gasteiger partial charge is 0.497 e. The van der Waals surface area contributed by atoms with Crippen LogP contribution in [0.4, 0.5) is 5.00 Å². The Morgan fingerprint density at radius 1 is 1.26 bits per heavy atom. The van der Waals surface area contributed by atoms with Gasteiger partial charge < -0.3 is 14.8 Å². The Bertz CT molecular complexity index is 1090. The fraction of sp³-hybridized carbons (Fsp3) is 0.333. The van der Waals surface area contributed by atoms with E-state index in [0.29, 0.717) is 22.3 Å². The van der Waals surface area contributed by atoms with Crippen LogP contribution in [0.25, 0.3) is 5.69 Å². The Kier molecular flexibility index (Phi) is 6.57. The van der Waals surface area contributed by atoms with Crippen molar-refractivity contribution in [3.05, 3.63) is 46.6 Å². The molecule has 0 saturated heterocycles. The Balaban J connectivity index is 1.44. The number of carbonyl (C=O) groups excluding carboxylic acids is 2. The molecule has 0 fully saturated rings. The molecule has 1 aromatic carbocycles. The molecule has 1 aliphatic carbocycles. The van der Waals surface area contributed by atoms with Crippen molar-refractivity contribution in [3.8, 4) is 11.4 Å². The minimum Gasteiger partial charge on any atom is -0.497 e. The molecule has 0 spiro atoms. The van der Waals surface area contributed by atoms with Gasteiger partial charge in [-0.05, 0) is 56.0 Å².